The number of nitrogens with one attached hydrogen (secondary N) is 1. The Kier molecular flexibility index (Phi) is 3.19. The van der Waals surface area contributed by atoms with Crippen molar-refractivity contribution >= 4 is 0 Å². The van der Waals surface area contributed by atoms with E-state index in [-0.39, 0.29) is 0 Å². The minimum Gasteiger partial charge on any atom is -0.460 e. The normalized spacial score (nSPS) is 15.4. The summed E-state index contributed by atoms with van der Waals surface area (Å²) in [5.41, 5.74) is 2.20. The van der Waals surface area contributed by atoms with Crippen molar-refractivity contribution < 1.29 is 4.42 Å². The molecule has 102 valence electrons. The van der Waals surface area contributed by atoms with Gasteiger partial charge in [-0.15, -0.1) is 0 Å². The van der Waals surface area contributed by atoms with Crippen molar-refractivity contribution in [3.63, 3.8) is 0 Å². The van der Waals surface area contributed by atoms with Crippen LogP contribution in [0.25, 0.3) is 11.3 Å². The predicted molar refractivity (Wildman–Crippen MR) is 74.9 cm³/mol. The Labute approximate surface area is 113 Å². The highest BCUT2D eigenvalue weighted by atomic mass is 16.3. The first-order valence-electron chi connectivity index (χ1n) is 6.99. The number of aryl methyl sites for hydroxylation is 1. The summed E-state index contributed by atoms with van der Waals surface area (Å²) in [6.07, 6.45) is 4.63. The van der Waals surface area contributed by atoms with Gasteiger partial charge >= 0.3 is 0 Å². The standard InChI is InChI=1S/C15H21N3O/c1-10(2)15-13(9-18(3)17-15)14-7-6-12(19-14)8-16-11-4-5-11/h6-7,9-11,16H,4-5,8H2,1-3H3. The fourth-order valence-corrected chi connectivity index (χ4v) is 2.27. The summed E-state index contributed by atoms with van der Waals surface area (Å²) in [4.78, 5) is 0. The van der Waals surface area contributed by atoms with Gasteiger partial charge < -0.3 is 9.73 Å². The lowest BCUT2D eigenvalue weighted by atomic mass is 10.1. The average molecular weight is 259 g/mol. The van der Waals surface area contributed by atoms with Crippen LogP contribution in [0.5, 0.6) is 0 Å². The fraction of sp³-hybridized carbons (Fsp3) is 0.533. The number of rotatable bonds is 5. The van der Waals surface area contributed by atoms with E-state index in [4.69, 9.17) is 4.42 Å². The van der Waals surface area contributed by atoms with E-state index in [9.17, 15) is 0 Å². The smallest absolute Gasteiger partial charge is 0.137 e. The Morgan fingerprint density at radius 1 is 1.42 bits per heavy atom. The zero-order valence-corrected chi connectivity index (χ0v) is 11.8. The molecule has 0 aromatic carbocycles. The third-order valence-electron chi connectivity index (χ3n) is 3.47. The van der Waals surface area contributed by atoms with Gasteiger partial charge in [-0.1, -0.05) is 13.8 Å². The third-order valence-corrected chi connectivity index (χ3v) is 3.47. The summed E-state index contributed by atoms with van der Waals surface area (Å²) in [7, 11) is 1.95. The summed E-state index contributed by atoms with van der Waals surface area (Å²) < 4.78 is 7.79. The molecule has 0 radical (unpaired) electrons. The van der Waals surface area contributed by atoms with Gasteiger partial charge in [-0.3, -0.25) is 4.68 Å². The molecule has 0 saturated heterocycles. The Morgan fingerprint density at radius 3 is 2.89 bits per heavy atom. The second-order valence-electron chi connectivity index (χ2n) is 5.68. The van der Waals surface area contributed by atoms with E-state index in [0.717, 1.165) is 29.3 Å². The number of aromatic nitrogens is 2. The summed E-state index contributed by atoms with van der Waals surface area (Å²) in [6, 6.07) is 4.81. The van der Waals surface area contributed by atoms with Crippen LogP contribution in [0.2, 0.25) is 0 Å². The van der Waals surface area contributed by atoms with Crippen LogP contribution in [-0.4, -0.2) is 15.8 Å². The maximum absolute atomic E-state index is 5.94. The van der Waals surface area contributed by atoms with Gasteiger partial charge in [0, 0.05) is 19.3 Å². The van der Waals surface area contributed by atoms with Crippen LogP contribution in [-0.2, 0) is 13.6 Å². The predicted octanol–water partition coefficient (Wildman–Crippen LogP) is 3.06. The van der Waals surface area contributed by atoms with Crippen molar-refractivity contribution in [3.8, 4) is 11.3 Å². The van der Waals surface area contributed by atoms with Gasteiger partial charge in [0.15, 0.2) is 0 Å². The van der Waals surface area contributed by atoms with Gasteiger partial charge in [0.1, 0.15) is 11.5 Å². The number of hydrogen-bond acceptors (Lipinski definition) is 3. The molecule has 19 heavy (non-hydrogen) atoms. The molecule has 0 atom stereocenters. The topological polar surface area (TPSA) is 43.0 Å². The lowest BCUT2D eigenvalue weighted by Crippen LogP contribution is -2.14. The van der Waals surface area contributed by atoms with Gasteiger partial charge in [0.05, 0.1) is 17.8 Å². The highest BCUT2D eigenvalue weighted by molar-refractivity contribution is 5.60. The number of furan rings is 1. The van der Waals surface area contributed by atoms with E-state index in [1.54, 1.807) is 0 Å². The molecule has 1 N–H and O–H groups in total. The van der Waals surface area contributed by atoms with E-state index in [0.29, 0.717) is 12.0 Å². The molecule has 0 amide bonds. The molecule has 1 fully saturated rings. The fourth-order valence-electron chi connectivity index (χ4n) is 2.27. The van der Waals surface area contributed by atoms with Crippen LogP contribution in [0.3, 0.4) is 0 Å². The van der Waals surface area contributed by atoms with Crippen molar-refractivity contribution in [1.29, 1.82) is 0 Å². The Bertz CT molecular complexity index is 564. The van der Waals surface area contributed by atoms with Crippen LogP contribution in [0.1, 0.15) is 44.1 Å². The zero-order valence-electron chi connectivity index (χ0n) is 11.8. The molecule has 2 aromatic heterocycles. The molecular formula is C15H21N3O. The highest BCUT2D eigenvalue weighted by Crippen LogP contribution is 2.29. The van der Waals surface area contributed by atoms with Gasteiger partial charge in [-0.05, 0) is 30.9 Å². The molecule has 0 aliphatic heterocycles. The van der Waals surface area contributed by atoms with Crippen molar-refractivity contribution in [3.05, 3.63) is 29.8 Å². The monoisotopic (exact) mass is 259 g/mol. The van der Waals surface area contributed by atoms with Gasteiger partial charge in [0.25, 0.3) is 0 Å². The molecular weight excluding hydrogens is 238 g/mol. The second-order valence-corrected chi connectivity index (χ2v) is 5.68. The summed E-state index contributed by atoms with van der Waals surface area (Å²) in [5, 5.41) is 7.99. The van der Waals surface area contributed by atoms with Crippen LogP contribution in [0.15, 0.2) is 22.7 Å². The maximum atomic E-state index is 5.94. The van der Waals surface area contributed by atoms with E-state index in [1.807, 2.05) is 24.0 Å². The molecule has 1 saturated carbocycles. The number of hydrogen-bond donors (Lipinski definition) is 1. The second kappa shape index (κ2) is 4.85. The van der Waals surface area contributed by atoms with Crippen LogP contribution >= 0.6 is 0 Å². The lowest BCUT2D eigenvalue weighted by Gasteiger charge is -2.03. The summed E-state index contributed by atoms with van der Waals surface area (Å²) in [6.45, 7) is 5.14. The van der Waals surface area contributed by atoms with Gasteiger partial charge in [0.2, 0.25) is 0 Å². The zero-order chi connectivity index (χ0) is 13.4. The minimum absolute atomic E-state index is 0.398. The molecule has 1 aliphatic rings. The lowest BCUT2D eigenvalue weighted by molar-refractivity contribution is 0.492. The molecule has 2 heterocycles. The van der Waals surface area contributed by atoms with Gasteiger partial charge in [-0.25, -0.2) is 0 Å². The quantitative estimate of drug-likeness (QED) is 0.897. The van der Waals surface area contributed by atoms with Crippen LogP contribution < -0.4 is 5.32 Å². The molecule has 2 aromatic rings. The van der Waals surface area contributed by atoms with Crippen molar-refractivity contribution in [2.24, 2.45) is 7.05 Å². The van der Waals surface area contributed by atoms with E-state index in [2.05, 4.69) is 30.3 Å². The Balaban J connectivity index is 1.80. The molecule has 4 nitrogen and oxygen atoms in total. The van der Waals surface area contributed by atoms with Crippen LogP contribution in [0, 0.1) is 0 Å². The molecule has 0 unspecified atom stereocenters. The Hall–Kier alpha value is -1.55. The average Bonchev–Trinajstić information content (AvgIpc) is 2.93. The first-order chi connectivity index (χ1) is 9.13. The molecule has 1 aliphatic carbocycles. The van der Waals surface area contributed by atoms with E-state index in [1.165, 1.54) is 12.8 Å². The van der Waals surface area contributed by atoms with Crippen molar-refractivity contribution in [2.45, 2.75) is 45.2 Å². The summed E-state index contributed by atoms with van der Waals surface area (Å²) >= 11 is 0. The highest BCUT2D eigenvalue weighted by Gasteiger charge is 2.21. The van der Waals surface area contributed by atoms with Crippen molar-refractivity contribution in [1.82, 2.24) is 15.1 Å². The third kappa shape index (κ3) is 2.73. The van der Waals surface area contributed by atoms with Gasteiger partial charge in [-0.2, -0.15) is 5.10 Å². The molecule has 3 rings (SSSR count). The first-order valence-corrected chi connectivity index (χ1v) is 6.99. The van der Waals surface area contributed by atoms with Crippen molar-refractivity contribution in [2.75, 3.05) is 0 Å². The SMILES string of the molecule is CC(C)c1nn(C)cc1-c1ccc(CNC2CC2)o1. The van der Waals surface area contributed by atoms with E-state index >= 15 is 0 Å². The maximum Gasteiger partial charge on any atom is 0.137 e. The number of nitrogens with zero attached hydrogens (tertiary/aromatic N) is 2. The molecule has 4 heteroatoms. The Morgan fingerprint density at radius 2 is 2.21 bits per heavy atom. The largest absolute Gasteiger partial charge is 0.460 e. The minimum atomic E-state index is 0.398. The van der Waals surface area contributed by atoms with E-state index < -0.39 is 0 Å². The van der Waals surface area contributed by atoms with Crippen LogP contribution in [0.4, 0.5) is 0 Å². The summed E-state index contributed by atoms with van der Waals surface area (Å²) in [5.74, 6) is 2.32. The first kappa shape index (κ1) is 12.5. The molecule has 0 bridgehead atoms. The molecule has 0 spiro atoms.